The van der Waals surface area contributed by atoms with Crippen molar-refractivity contribution < 1.29 is 4.79 Å². The van der Waals surface area contributed by atoms with Gasteiger partial charge in [-0.2, -0.15) is 0 Å². The second-order valence-electron chi connectivity index (χ2n) is 4.69. The fraction of sp³-hybridized carbons (Fsp3) is 0.417. The first-order chi connectivity index (χ1) is 7.39. The number of benzene rings is 1. The summed E-state index contributed by atoms with van der Waals surface area (Å²) in [5.41, 5.74) is 6.26. The molecule has 2 rings (SSSR count). The van der Waals surface area contributed by atoms with Crippen LogP contribution < -0.4 is 5.73 Å². The number of ketones is 1. The van der Waals surface area contributed by atoms with Crippen LogP contribution in [0.4, 0.5) is 0 Å². The van der Waals surface area contributed by atoms with Gasteiger partial charge in [0.2, 0.25) is 0 Å². The number of thioether (sulfide) groups is 1. The Bertz CT molecular complexity index is 439. The third-order valence-corrected chi connectivity index (χ3v) is 4.23. The van der Waals surface area contributed by atoms with Gasteiger partial charge in [0.1, 0.15) is 0 Å². The van der Waals surface area contributed by atoms with Crippen molar-refractivity contribution in [2.75, 3.05) is 5.75 Å². The summed E-state index contributed by atoms with van der Waals surface area (Å²) in [5.74, 6) is 0.726. The molecule has 1 atom stereocenters. The molecule has 16 heavy (non-hydrogen) atoms. The summed E-state index contributed by atoms with van der Waals surface area (Å²) in [6.07, 6.45) is 0. The molecule has 0 saturated carbocycles. The first-order valence-electron chi connectivity index (χ1n) is 5.15. The molecular weight excluding hydrogens is 242 g/mol. The van der Waals surface area contributed by atoms with E-state index in [-0.39, 0.29) is 11.7 Å². The molecule has 0 aromatic heterocycles. The van der Waals surface area contributed by atoms with Gasteiger partial charge in [-0.05, 0) is 32.0 Å². The summed E-state index contributed by atoms with van der Waals surface area (Å²) >= 11 is 7.59. The molecule has 2 N–H and O–H groups in total. The van der Waals surface area contributed by atoms with Gasteiger partial charge < -0.3 is 5.73 Å². The van der Waals surface area contributed by atoms with Crippen LogP contribution in [0.2, 0.25) is 5.02 Å². The zero-order valence-corrected chi connectivity index (χ0v) is 10.9. The first-order valence-corrected chi connectivity index (χ1v) is 6.51. The van der Waals surface area contributed by atoms with Gasteiger partial charge in [0.05, 0.1) is 0 Å². The van der Waals surface area contributed by atoms with Gasteiger partial charge >= 0.3 is 0 Å². The van der Waals surface area contributed by atoms with E-state index >= 15 is 0 Å². The minimum absolute atomic E-state index is 0.115. The van der Waals surface area contributed by atoms with Crippen molar-refractivity contribution in [1.82, 2.24) is 0 Å². The number of carbonyl (C=O) groups is 1. The third kappa shape index (κ3) is 2.12. The Morgan fingerprint density at radius 2 is 2.19 bits per heavy atom. The fourth-order valence-corrected chi connectivity index (χ4v) is 3.39. The number of carbonyl (C=O) groups excluding carboxylic acids is 1. The topological polar surface area (TPSA) is 43.1 Å². The van der Waals surface area contributed by atoms with Crippen molar-refractivity contribution in [3.8, 4) is 0 Å². The summed E-state index contributed by atoms with van der Waals surface area (Å²) in [7, 11) is 0. The van der Waals surface area contributed by atoms with E-state index in [1.165, 1.54) is 0 Å². The molecule has 86 valence electrons. The summed E-state index contributed by atoms with van der Waals surface area (Å²) < 4.78 is 0. The number of Topliss-reactive ketones (excluding diaryl/α,β-unsaturated/α-hetero) is 1. The van der Waals surface area contributed by atoms with E-state index in [4.69, 9.17) is 17.3 Å². The Morgan fingerprint density at radius 1 is 1.50 bits per heavy atom. The van der Waals surface area contributed by atoms with Crippen LogP contribution in [-0.2, 0) is 0 Å². The van der Waals surface area contributed by atoms with Crippen LogP contribution in [0.5, 0.6) is 0 Å². The highest BCUT2D eigenvalue weighted by Crippen LogP contribution is 2.37. The Hall–Kier alpha value is -0.510. The smallest absolute Gasteiger partial charge is 0.169 e. The summed E-state index contributed by atoms with van der Waals surface area (Å²) in [4.78, 5) is 13.3. The number of halogens is 1. The van der Waals surface area contributed by atoms with E-state index in [9.17, 15) is 4.79 Å². The summed E-state index contributed by atoms with van der Waals surface area (Å²) in [5, 5.41) is 0.600. The number of nitrogens with two attached hydrogens (primary N) is 1. The van der Waals surface area contributed by atoms with Crippen LogP contribution in [-0.4, -0.2) is 17.1 Å². The van der Waals surface area contributed by atoms with Gasteiger partial charge in [0.25, 0.3) is 0 Å². The Labute approximate surface area is 105 Å². The first kappa shape index (κ1) is 12.0. The average Bonchev–Trinajstić information content (AvgIpc) is 2.17. The molecule has 1 aromatic rings. The van der Waals surface area contributed by atoms with E-state index < -0.39 is 5.54 Å². The van der Waals surface area contributed by atoms with Crippen molar-refractivity contribution in [2.24, 2.45) is 11.7 Å². The molecule has 0 bridgehead atoms. The van der Waals surface area contributed by atoms with Crippen LogP contribution in [0.15, 0.2) is 23.1 Å². The minimum atomic E-state index is -0.482. The maximum absolute atomic E-state index is 12.3. The van der Waals surface area contributed by atoms with Crippen LogP contribution >= 0.6 is 23.4 Å². The maximum Gasteiger partial charge on any atom is 0.169 e. The molecule has 1 heterocycles. The highest BCUT2D eigenvalue weighted by Gasteiger charge is 2.36. The molecule has 4 heteroatoms. The van der Waals surface area contributed by atoms with Gasteiger partial charge in [-0.25, -0.2) is 0 Å². The SMILES string of the molecule is CC(C)(N)C1CSc2ccc(Cl)cc2C1=O. The lowest BCUT2D eigenvalue weighted by molar-refractivity contribution is 0.0881. The van der Waals surface area contributed by atoms with Gasteiger partial charge in [0, 0.05) is 32.7 Å². The van der Waals surface area contributed by atoms with Crippen LogP contribution in [0.3, 0.4) is 0 Å². The quantitative estimate of drug-likeness (QED) is 0.839. The van der Waals surface area contributed by atoms with Crippen molar-refractivity contribution in [1.29, 1.82) is 0 Å². The molecule has 1 aliphatic rings. The van der Waals surface area contributed by atoms with E-state index in [0.29, 0.717) is 10.6 Å². The fourth-order valence-electron chi connectivity index (χ4n) is 1.81. The zero-order chi connectivity index (χ0) is 11.9. The molecule has 1 aliphatic heterocycles. The molecule has 0 amide bonds. The molecule has 1 aromatic carbocycles. The number of rotatable bonds is 1. The van der Waals surface area contributed by atoms with Gasteiger partial charge in [-0.3, -0.25) is 4.79 Å². The highest BCUT2D eigenvalue weighted by atomic mass is 35.5. The van der Waals surface area contributed by atoms with Crippen molar-refractivity contribution in [3.63, 3.8) is 0 Å². The summed E-state index contributed by atoms with van der Waals surface area (Å²) in [6, 6.07) is 5.46. The van der Waals surface area contributed by atoms with Gasteiger partial charge in [-0.1, -0.05) is 11.6 Å². The van der Waals surface area contributed by atoms with Crippen molar-refractivity contribution in [2.45, 2.75) is 24.3 Å². The maximum atomic E-state index is 12.3. The van der Waals surface area contributed by atoms with E-state index in [1.807, 2.05) is 26.0 Å². The van der Waals surface area contributed by atoms with Crippen molar-refractivity contribution >= 4 is 29.1 Å². The van der Waals surface area contributed by atoms with E-state index in [1.54, 1.807) is 17.8 Å². The lowest BCUT2D eigenvalue weighted by atomic mass is 9.83. The second-order valence-corrected chi connectivity index (χ2v) is 6.19. The Balaban J connectivity index is 2.42. The standard InChI is InChI=1S/C12H14ClNOS/c1-12(2,14)9-6-16-10-4-3-7(13)5-8(10)11(9)15/h3-5,9H,6,14H2,1-2H3. The average molecular weight is 256 g/mol. The summed E-state index contributed by atoms with van der Waals surface area (Å²) in [6.45, 7) is 3.79. The monoisotopic (exact) mass is 255 g/mol. The number of hydrogen-bond donors (Lipinski definition) is 1. The van der Waals surface area contributed by atoms with Crippen LogP contribution in [0.25, 0.3) is 0 Å². The normalized spacial score (nSPS) is 20.8. The number of fused-ring (bicyclic) bond motifs is 1. The second kappa shape index (κ2) is 4.06. The van der Waals surface area contributed by atoms with E-state index in [0.717, 1.165) is 10.6 Å². The molecular formula is C12H14ClNOS. The molecule has 0 saturated heterocycles. The molecule has 0 fully saturated rings. The minimum Gasteiger partial charge on any atom is -0.325 e. The van der Waals surface area contributed by atoms with Gasteiger partial charge in [0.15, 0.2) is 5.78 Å². The predicted molar refractivity (Wildman–Crippen MR) is 68.3 cm³/mol. The Morgan fingerprint density at radius 3 is 2.81 bits per heavy atom. The van der Waals surface area contributed by atoms with Crippen LogP contribution in [0, 0.1) is 5.92 Å². The van der Waals surface area contributed by atoms with Crippen LogP contribution in [0.1, 0.15) is 24.2 Å². The van der Waals surface area contributed by atoms with Gasteiger partial charge in [-0.15, -0.1) is 11.8 Å². The largest absolute Gasteiger partial charge is 0.325 e. The van der Waals surface area contributed by atoms with E-state index in [2.05, 4.69) is 0 Å². The molecule has 1 unspecified atom stereocenters. The lowest BCUT2D eigenvalue weighted by Gasteiger charge is -2.32. The van der Waals surface area contributed by atoms with Crippen molar-refractivity contribution in [3.05, 3.63) is 28.8 Å². The Kier molecular flexibility index (Phi) is 3.03. The molecule has 0 aliphatic carbocycles. The number of hydrogen-bond acceptors (Lipinski definition) is 3. The molecule has 2 nitrogen and oxygen atoms in total. The zero-order valence-electron chi connectivity index (χ0n) is 9.29. The molecule has 0 spiro atoms. The highest BCUT2D eigenvalue weighted by molar-refractivity contribution is 7.99. The third-order valence-electron chi connectivity index (χ3n) is 2.83. The lowest BCUT2D eigenvalue weighted by Crippen LogP contribution is -2.47. The predicted octanol–water partition coefficient (Wildman–Crippen LogP) is 2.98. The molecule has 0 radical (unpaired) electrons.